The molecule has 19 heavy (non-hydrogen) atoms. The SMILES string of the molecule is CN(C(=O)N1CCN(CC(=O)O)CC1)C1CCSC1. The number of rotatable bonds is 3. The van der Waals surface area contributed by atoms with E-state index in [-0.39, 0.29) is 12.6 Å². The van der Waals surface area contributed by atoms with E-state index in [1.54, 1.807) is 0 Å². The van der Waals surface area contributed by atoms with E-state index in [1.165, 1.54) is 0 Å². The zero-order valence-corrected chi connectivity index (χ0v) is 12.1. The molecule has 2 amide bonds. The van der Waals surface area contributed by atoms with Gasteiger partial charge in [0.1, 0.15) is 0 Å². The Kier molecular flexibility index (Phi) is 4.93. The normalized spacial score (nSPS) is 24.5. The summed E-state index contributed by atoms with van der Waals surface area (Å²) >= 11 is 1.90. The number of piperazine rings is 1. The molecule has 7 heteroatoms. The smallest absolute Gasteiger partial charge is 0.320 e. The summed E-state index contributed by atoms with van der Waals surface area (Å²) in [4.78, 5) is 28.5. The van der Waals surface area contributed by atoms with Crippen LogP contribution in [0.5, 0.6) is 0 Å². The summed E-state index contributed by atoms with van der Waals surface area (Å²) in [7, 11) is 1.88. The average molecular weight is 287 g/mol. The molecule has 0 aliphatic carbocycles. The van der Waals surface area contributed by atoms with E-state index in [4.69, 9.17) is 5.11 Å². The van der Waals surface area contributed by atoms with E-state index >= 15 is 0 Å². The number of hydrogen-bond acceptors (Lipinski definition) is 4. The maximum absolute atomic E-state index is 12.3. The van der Waals surface area contributed by atoms with Crippen LogP contribution < -0.4 is 0 Å². The molecule has 0 saturated carbocycles. The second-order valence-corrected chi connectivity index (χ2v) is 6.22. The summed E-state index contributed by atoms with van der Waals surface area (Å²) in [6.45, 7) is 2.60. The highest BCUT2D eigenvalue weighted by Gasteiger charge is 2.29. The molecule has 2 aliphatic heterocycles. The van der Waals surface area contributed by atoms with E-state index in [1.807, 2.05) is 33.5 Å². The second-order valence-electron chi connectivity index (χ2n) is 5.07. The van der Waals surface area contributed by atoms with Crippen LogP contribution in [0.15, 0.2) is 0 Å². The standard InChI is InChI=1S/C12H21N3O3S/c1-13(10-2-7-19-9-10)12(18)15-5-3-14(4-6-15)8-11(16)17/h10H,2-9H2,1H3,(H,16,17). The first kappa shape index (κ1) is 14.5. The van der Waals surface area contributed by atoms with Gasteiger partial charge < -0.3 is 14.9 Å². The zero-order chi connectivity index (χ0) is 13.8. The van der Waals surface area contributed by atoms with E-state index < -0.39 is 5.97 Å². The van der Waals surface area contributed by atoms with Gasteiger partial charge in [0, 0.05) is 45.0 Å². The first-order valence-electron chi connectivity index (χ1n) is 6.61. The van der Waals surface area contributed by atoms with Gasteiger partial charge in [-0.1, -0.05) is 0 Å². The monoisotopic (exact) mass is 287 g/mol. The zero-order valence-electron chi connectivity index (χ0n) is 11.2. The predicted octanol–water partition coefficient (Wildman–Crippen LogP) is 0.246. The lowest BCUT2D eigenvalue weighted by molar-refractivity contribution is -0.138. The van der Waals surface area contributed by atoms with Crippen molar-refractivity contribution >= 4 is 23.8 Å². The van der Waals surface area contributed by atoms with Crippen LogP contribution in [0.25, 0.3) is 0 Å². The van der Waals surface area contributed by atoms with Gasteiger partial charge in [0.2, 0.25) is 0 Å². The molecule has 1 unspecified atom stereocenters. The molecule has 0 spiro atoms. The van der Waals surface area contributed by atoms with Crippen molar-refractivity contribution in [1.29, 1.82) is 0 Å². The third-order valence-corrected chi connectivity index (χ3v) is 4.90. The summed E-state index contributed by atoms with van der Waals surface area (Å²) in [6.07, 6.45) is 1.08. The number of carbonyl (C=O) groups is 2. The number of aliphatic carboxylic acids is 1. The lowest BCUT2D eigenvalue weighted by Gasteiger charge is -2.37. The maximum atomic E-state index is 12.3. The number of hydrogen-bond donors (Lipinski definition) is 1. The Morgan fingerprint density at radius 3 is 2.53 bits per heavy atom. The minimum Gasteiger partial charge on any atom is -0.480 e. The van der Waals surface area contributed by atoms with Crippen molar-refractivity contribution in [2.24, 2.45) is 0 Å². The Labute approximate surface area is 117 Å². The van der Waals surface area contributed by atoms with Gasteiger partial charge in [-0.05, 0) is 12.2 Å². The summed E-state index contributed by atoms with van der Waals surface area (Å²) < 4.78 is 0. The van der Waals surface area contributed by atoms with Crippen LogP contribution in [0.3, 0.4) is 0 Å². The second kappa shape index (κ2) is 6.47. The van der Waals surface area contributed by atoms with Crippen molar-refractivity contribution in [2.75, 3.05) is 51.3 Å². The molecule has 2 saturated heterocycles. The molecule has 2 rings (SSSR count). The molecule has 1 atom stereocenters. The molecular formula is C12H21N3O3S. The van der Waals surface area contributed by atoms with Crippen LogP contribution in [0.1, 0.15) is 6.42 Å². The van der Waals surface area contributed by atoms with E-state index in [0.717, 1.165) is 17.9 Å². The van der Waals surface area contributed by atoms with Gasteiger partial charge in [-0.2, -0.15) is 11.8 Å². The fraction of sp³-hybridized carbons (Fsp3) is 0.833. The highest BCUT2D eigenvalue weighted by atomic mass is 32.2. The molecule has 1 N–H and O–H groups in total. The molecule has 2 fully saturated rings. The van der Waals surface area contributed by atoms with E-state index in [2.05, 4.69) is 0 Å². The number of nitrogens with zero attached hydrogens (tertiary/aromatic N) is 3. The molecule has 0 aromatic carbocycles. The quantitative estimate of drug-likeness (QED) is 0.806. The number of carboxylic acid groups (broad SMARTS) is 1. The molecule has 2 heterocycles. The molecule has 6 nitrogen and oxygen atoms in total. The van der Waals surface area contributed by atoms with Crippen molar-refractivity contribution in [1.82, 2.24) is 14.7 Å². The number of carbonyl (C=O) groups excluding carboxylic acids is 1. The molecule has 0 aromatic heterocycles. The van der Waals surface area contributed by atoms with Crippen LogP contribution >= 0.6 is 11.8 Å². The first-order valence-corrected chi connectivity index (χ1v) is 7.77. The van der Waals surface area contributed by atoms with E-state index in [9.17, 15) is 9.59 Å². The van der Waals surface area contributed by atoms with Crippen molar-refractivity contribution in [3.8, 4) is 0 Å². The van der Waals surface area contributed by atoms with Crippen LogP contribution in [0.4, 0.5) is 4.79 Å². The topological polar surface area (TPSA) is 64.1 Å². The third-order valence-electron chi connectivity index (χ3n) is 3.76. The molecule has 0 bridgehead atoms. The largest absolute Gasteiger partial charge is 0.480 e. The summed E-state index contributed by atoms with van der Waals surface area (Å²) in [5.41, 5.74) is 0. The Morgan fingerprint density at radius 2 is 2.00 bits per heavy atom. The fourth-order valence-electron chi connectivity index (χ4n) is 2.50. The van der Waals surface area contributed by atoms with Gasteiger partial charge in [0.05, 0.1) is 6.54 Å². The van der Waals surface area contributed by atoms with Crippen LogP contribution in [-0.4, -0.2) is 89.1 Å². The summed E-state index contributed by atoms with van der Waals surface area (Å²) in [6, 6.07) is 0.442. The van der Waals surface area contributed by atoms with Gasteiger partial charge in [-0.3, -0.25) is 9.69 Å². The number of thioether (sulfide) groups is 1. The van der Waals surface area contributed by atoms with Crippen molar-refractivity contribution < 1.29 is 14.7 Å². The third kappa shape index (κ3) is 3.76. The Hall–Kier alpha value is -0.950. The van der Waals surface area contributed by atoms with Crippen LogP contribution in [-0.2, 0) is 4.79 Å². The molecule has 0 aromatic rings. The van der Waals surface area contributed by atoms with Crippen molar-refractivity contribution in [3.63, 3.8) is 0 Å². The van der Waals surface area contributed by atoms with E-state index in [0.29, 0.717) is 32.2 Å². The molecular weight excluding hydrogens is 266 g/mol. The van der Waals surface area contributed by atoms with Crippen LogP contribution in [0.2, 0.25) is 0 Å². The Morgan fingerprint density at radius 1 is 1.32 bits per heavy atom. The highest BCUT2D eigenvalue weighted by molar-refractivity contribution is 7.99. The van der Waals surface area contributed by atoms with Gasteiger partial charge in [0.25, 0.3) is 0 Å². The lowest BCUT2D eigenvalue weighted by Crippen LogP contribution is -2.54. The van der Waals surface area contributed by atoms with Gasteiger partial charge in [-0.25, -0.2) is 4.79 Å². The molecule has 0 radical (unpaired) electrons. The summed E-state index contributed by atoms with van der Waals surface area (Å²) in [5.74, 6) is 1.36. The van der Waals surface area contributed by atoms with Crippen LogP contribution in [0, 0.1) is 0 Å². The fourth-order valence-corrected chi connectivity index (χ4v) is 3.76. The van der Waals surface area contributed by atoms with Crippen molar-refractivity contribution in [3.05, 3.63) is 0 Å². The molecule has 2 aliphatic rings. The number of urea groups is 1. The first-order chi connectivity index (χ1) is 9.08. The minimum atomic E-state index is -0.806. The van der Waals surface area contributed by atoms with Gasteiger partial charge in [-0.15, -0.1) is 0 Å². The lowest BCUT2D eigenvalue weighted by atomic mass is 10.2. The predicted molar refractivity (Wildman–Crippen MR) is 74.5 cm³/mol. The number of carboxylic acids is 1. The minimum absolute atomic E-state index is 0.0666. The van der Waals surface area contributed by atoms with Gasteiger partial charge >= 0.3 is 12.0 Å². The average Bonchev–Trinajstić information content (AvgIpc) is 2.91. The van der Waals surface area contributed by atoms with Gasteiger partial charge in [0.15, 0.2) is 0 Å². The Balaban J connectivity index is 1.80. The molecule has 108 valence electrons. The van der Waals surface area contributed by atoms with Crippen molar-refractivity contribution in [2.45, 2.75) is 12.5 Å². The number of amides is 2. The summed E-state index contributed by atoms with van der Waals surface area (Å²) in [5, 5.41) is 8.74. The highest BCUT2D eigenvalue weighted by Crippen LogP contribution is 2.22. The Bertz CT molecular complexity index is 339. The maximum Gasteiger partial charge on any atom is 0.320 e.